The van der Waals surface area contributed by atoms with Crippen LogP contribution in [-0.2, 0) is 0 Å². The minimum Gasteiger partial charge on any atom is -0.328 e. The molecule has 3 unspecified atom stereocenters. The average Bonchev–Trinajstić information content (AvgIpc) is 2.11. The van der Waals surface area contributed by atoms with Gasteiger partial charge >= 0.3 is 0 Å². The van der Waals surface area contributed by atoms with Gasteiger partial charge in [0.25, 0.3) is 0 Å². The van der Waals surface area contributed by atoms with E-state index >= 15 is 0 Å². The van der Waals surface area contributed by atoms with E-state index in [4.69, 9.17) is 11.5 Å². The van der Waals surface area contributed by atoms with E-state index < -0.39 is 0 Å². The van der Waals surface area contributed by atoms with E-state index in [-0.39, 0.29) is 0 Å². The minimum absolute atomic E-state index is 0.348. The number of hydrogen-bond acceptors (Lipinski definition) is 2. The first-order chi connectivity index (χ1) is 6.47. The number of nitrogens with two attached hydrogens (primary N) is 2. The Hall–Kier alpha value is -0.0800. The summed E-state index contributed by atoms with van der Waals surface area (Å²) in [6.45, 7) is 8.83. The fraction of sp³-hybridized carbons (Fsp3) is 1.00. The van der Waals surface area contributed by atoms with Gasteiger partial charge in [-0.3, -0.25) is 0 Å². The Labute approximate surface area is 89.4 Å². The summed E-state index contributed by atoms with van der Waals surface area (Å²) in [6, 6.07) is 0.711. The highest BCUT2D eigenvalue weighted by atomic mass is 14.7. The SMILES string of the molecule is CCC(N)C(C)CCC(N)CC(C)C. The van der Waals surface area contributed by atoms with Gasteiger partial charge < -0.3 is 11.5 Å². The van der Waals surface area contributed by atoms with Gasteiger partial charge in [0, 0.05) is 12.1 Å². The standard InChI is InChI=1S/C12H28N2/c1-5-12(14)10(4)6-7-11(13)8-9(2)3/h9-12H,5-8,13-14H2,1-4H3. The highest BCUT2D eigenvalue weighted by molar-refractivity contribution is 4.71. The molecule has 86 valence electrons. The third-order valence-electron chi connectivity index (χ3n) is 2.97. The molecule has 0 amide bonds. The van der Waals surface area contributed by atoms with Gasteiger partial charge in [0.1, 0.15) is 0 Å². The minimum atomic E-state index is 0.348. The van der Waals surface area contributed by atoms with Crippen LogP contribution in [0.2, 0.25) is 0 Å². The van der Waals surface area contributed by atoms with Crippen molar-refractivity contribution >= 4 is 0 Å². The van der Waals surface area contributed by atoms with Gasteiger partial charge in [-0.15, -0.1) is 0 Å². The summed E-state index contributed by atoms with van der Waals surface area (Å²) in [5, 5.41) is 0. The molecule has 0 spiro atoms. The lowest BCUT2D eigenvalue weighted by Crippen LogP contribution is -2.29. The van der Waals surface area contributed by atoms with Crippen LogP contribution in [0.5, 0.6) is 0 Å². The zero-order valence-corrected chi connectivity index (χ0v) is 10.3. The molecule has 0 rings (SSSR count). The Bertz CT molecular complexity index is 134. The van der Waals surface area contributed by atoms with Gasteiger partial charge in [-0.1, -0.05) is 27.7 Å². The molecule has 0 aromatic rings. The Morgan fingerprint density at radius 3 is 2.00 bits per heavy atom. The molecule has 0 aliphatic heterocycles. The Morgan fingerprint density at radius 2 is 1.57 bits per heavy atom. The molecule has 2 nitrogen and oxygen atoms in total. The lowest BCUT2D eigenvalue weighted by molar-refractivity contribution is 0.370. The van der Waals surface area contributed by atoms with Crippen LogP contribution in [0, 0.1) is 11.8 Å². The highest BCUT2D eigenvalue weighted by Crippen LogP contribution is 2.15. The quantitative estimate of drug-likeness (QED) is 0.663. The summed E-state index contributed by atoms with van der Waals surface area (Å²) in [4.78, 5) is 0. The van der Waals surface area contributed by atoms with Crippen LogP contribution in [-0.4, -0.2) is 12.1 Å². The van der Waals surface area contributed by atoms with Crippen molar-refractivity contribution in [1.82, 2.24) is 0 Å². The van der Waals surface area contributed by atoms with Crippen LogP contribution in [0.1, 0.15) is 53.4 Å². The summed E-state index contributed by atoms with van der Waals surface area (Å²) in [5.41, 5.74) is 12.0. The molecule has 0 aliphatic rings. The summed E-state index contributed by atoms with van der Waals surface area (Å²) in [6.07, 6.45) is 4.49. The van der Waals surface area contributed by atoms with Crippen LogP contribution in [0.3, 0.4) is 0 Å². The Balaban J connectivity index is 3.60. The summed E-state index contributed by atoms with van der Waals surface area (Å²) < 4.78 is 0. The molecule has 0 heterocycles. The summed E-state index contributed by atoms with van der Waals surface area (Å²) >= 11 is 0. The van der Waals surface area contributed by atoms with Crippen molar-refractivity contribution in [3.8, 4) is 0 Å². The van der Waals surface area contributed by atoms with Crippen molar-refractivity contribution in [1.29, 1.82) is 0 Å². The van der Waals surface area contributed by atoms with E-state index in [2.05, 4.69) is 27.7 Å². The van der Waals surface area contributed by atoms with E-state index in [1.807, 2.05) is 0 Å². The molecule has 3 atom stereocenters. The molecule has 4 N–H and O–H groups in total. The zero-order chi connectivity index (χ0) is 11.1. The molecule has 14 heavy (non-hydrogen) atoms. The van der Waals surface area contributed by atoms with Crippen LogP contribution in [0.25, 0.3) is 0 Å². The smallest absolute Gasteiger partial charge is 0.00619 e. The normalized spacial score (nSPS) is 18.2. The monoisotopic (exact) mass is 200 g/mol. The molecule has 0 bridgehead atoms. The summed E-state index contributed by atoms with van der Waals surface area (Å²) in [5.74, 6) is 1.32. The molecule has 0 aromatic heterocycles. The van der Waals surface area contributed by atoms with Gasteiger partial charge in [0.05, 0.1) is 0 Å². The van der Waals surface area contributed by atoms with E-state index in [0.717, 1.165) is 19.3 Å². The van der Waals surface area contributed by atoms with Crippen molar-refractivity contribution in [3.63, 3.8) is 0 Å². The van der Waals surface area contributed by atoms with E-state index in [1.165, 1.54) is 6.42 Å². The first-order valence-corrected chi connectivity index (χ1v) is 5.98. The fourth-order valence-corrected chi connectivity index (χ4v) is 1.82. The third kappa shape index (κ3) is 6.39. The van der Waals surface area contributed by atoms with Crippen LogP contribution < -0.4 is 11.5 Å². The molecule has 0 radical (unpaired) electrons. The fourth-order valence-electron chi connectivity index (χ4n) is 1.82. The molecule has 0 fully saturated rings. The van der Waals surface area contributed by atoms with Crippen LogP contribution in [0.4, 0.5) is 0 Å². The molecular weight excluding hydrogens is 172 g/mol. The van der Waals surface area contributed by atoms with Crippen molar-refractivity contribution < 1.29 is 0 Å². The zero-order valence-electron chi connectivity index (χ0n) is 10.3. The van der Waals surface area contributed by atoms with Gasteiger partial charge in [-0.2, -0.15) is 0 Å². The van der Waals surface area contributed by atoms with Crippen molar-refractivity contribution in [2.75, 3.05) is 0 Å². The van der Waals surface area contributed by atoms with Crippen molar-refractivity contribution in [3.05, 3.63) is 0 Å². The van der Waals surface area contributed by atoms with E-state index in [9.17, 15) is 0 Å². The topological polar surface area (TPSA) is 52.0 Å². The molecule has 0 saturated carbocycles. The van der Waals surface area contributed by atoms with Gasteiger partial charge in [0.15, 0.2) is 0 Å². The first kappa shape index (κ1) is 13.9. The second-order valence-electron chi connectivity index (χ2n) is 5.02. The van der Waals surface area contributed by atoms with E-state index in [1.54, 1.807) is 0 Å². The van der Waals surface area contributed by atoms with Crippen molar-refractivity contribution in [2.45, 2.75) is 65.5 Å². The van der Waals surface area contributed by atoms with Crippen LogP contribution in [0.15, 0.2) is 0 Å². The third-order valence-corrected chi connectivity index (χ3v) is 2.97. The number of hydrogen-bond donors (Lipinski definition) is 2. The second-order valence-corrected chi connectivity index (χ2v) is 5.02. The Morgan fingerprint density at radius 1 is 1.00 bits per heavy atom. The maximum absolute atomic E-state index is 6.02. The lowest BCUT2D eigenvalue weighted by atomic mass is 9.91. The maximum atomic E-state index is 6.02. The largest absolute Gasteiger partial charge is 0.328 e. The first-order valence-electron chi connectivity index (χ1n) is 5.98. The highest BCUT2D eigenvalue weighted by Gasteiger charge is 2.13. The van der Waals surface area contributed by atoms with E-state index in [0.29, 0.717) is 23.9 Å². The van der Waals surface area contributed by atoms with Gasteiger partial charge in [-0.05, 0) is 37.5 Å². The van der Waals surface area contributed by atoms with Gasteiger partial charge in [0.2, 0.25) is 0 Å². The molecule has 0 aromatic carbocycles. The maximum Gasteiger partial charge on any atom is 0.00619 e. The molecule has 0 aliphatic carbocycles. The molecule has 0 saturated heterocycles. The molecular formula is C12H28N2. The Kier molecular flexibility index (Phi) is 7.20. The molecule has 2 heteroatoms. The lowest BCUT2D eigenvalue weighted by Gasteiger charge is -2.21. The predicted octanol–water partition coefficient (Wildman–Crippen LogP) is 2.51. The van der Waals surface area contributed by atoms with Gasteiger partial charge in [-0.25, -0.2) is 0 Å². The summed E-state index contributed by atoms with van der Waals surface area (Å²) in [7, 11) is 0. The number of rotatable bonds is 7. The second kappa shape index (κ2) is 7.24. The van der Waals surface area contributed by atoms with Crippen molar-refractivity contribution in [2.24, 2.45) is 23.3 Å². The average molecular weight is 200 g/mol. The predicted molar refractivity (Wildman–Crippen MR) is 64.1 cm³/mol. The van der Waals surface area contributed by atoms with Crippen LogP contribution >= 0.6 is 0 Å².